The van der Waals surface area contributed by atoms with Crippen molar-refractivity contribution >= 4 is 27.4 Å². The molecule has 0 saturated heterocycles. The lowest BCUT2D eigenvalue weighted by molar-refractivity contribution is -0.166. The van der Waals surface area contributed by atoms with Gasteiger partial charge in [-0.25, -0.2) is 4.79 Å². The first-order valence-electron chi connectivity index (χ1n) is 8.82. The van der Waals surface area contributed by atoms with E-state index in [1.54, 1.807) is 11.3 Å². The van der Waals surface area contributed by atoms with Gasteiger partial charge in [-0.05, 0) is 39.3 Å². The highest BCUT2D eigenvalue weighted by atomic mass is 32.1. The smallest absolute Gasteiger partial charge is 0.340 e. The molecule has 136 valence electrons. The van der Waals surface area contributed by atoms with Crippen molar-refractivity contribution in [2.75, 3.05) is 6.61 Å². The van der Waals surface area contributed by atoms with Crippen LogP contribution in [0.2, 0.25) is 0 Å². The van der Waals surface area contributed by atoms with Crippen molar-refractivity contribution in [3.63, 3.8) is 0 Å². The molecule has 3 rings (SSSR count). The third-order valence-corrected chi connectivity index (χ3v) is 5.11. The van der Waals surface area contributed by atoms with Crippen molar-refractivity contribution in [3.05, 3.63) is 59.5 Å². The molecule has 1 atom stereocenters. The molecule has 26 heavy (non-hydrogen) atoms. The zero-order chi connectivity index (χ0) is 18.7. The predicted octanol–water partition coefficient (Wildman–Crippen LogP) is 5.99. The van der Waals surface area contributed by atoms with Gasteiger partial charge in [-0.15, -0.1) is 11.3 Å². The van der Waals surface area contributed by atoms with Gasteiger partial charge in [0.1, 0.15) is 0 Å². The largest absolute Gasteiger partial charge is 0.464 e. The quantitative estimate of drug-likeness (QED) is 0.519. The highest BCUT2D eigenvalue weighted by Crippen LogP contribution is 2.44. The topological polar surface area (TPSA) is 35.5 Å². The van der Waals surface area contributed by atoms with Crippen LogP contribution in [0, 0.1) is 0 Å². The van der Waals surface area contributed by atoms with Crippen LogP contribution in [0.1, 0.15) is 38.7 Å². The summed E-state index contributed by atoms with van der Waals surface area (Å²) in [5.41, 5.74) is 1.65. The lowest BCUT2D eigenvalue weighted by Crippen LogP contribution is -2.28. The Bertz CT molecular complexity index is 891. The summed E-state index contributed by atoms with van der Waals surface area (Å²) in [5, 5.41) is 1.13. The van der Waals surface area contributed by atoms with E-state index in [0.29, 0.717) is 6.61 Å². The average Bonchev–Trinajstić information content (AvgIpc) is 2.99. The van der Waals surface area contributed by atoms with E-state index in [4.69, 9.17) is 9.47 Å². The number of rotatable bonds is 5. The maximum absolute atomic E-state index is 12.7. The number of carbonyl (C=O) groups excluding carboxylic acids is 1. The fourth-order valence-corrected chi connectivity index (χ4v) is 4.18. The summed E-state index contributed by atoms with van der Waals surface area (Å²) in [7, 11) is 0. The average molecular weight is 368 g/mol. The minimum absolute atomic E-state index is 0.328. The van der Waals surface area contributed by atoms with Gasteiger partial charge in [-0.1, -0.05) is 48.5 Å². The first kappa shape index (κ1) is 18.6. The van der Waals surface area contributed by atoms with Gasteiger partial charge < -0.3 is 9.47 Å². The van der Waals surface area contributed by atoms with Crippen LogP contribution in [-0.2, 0) is 14.3 Å². The second kappa shape index (κ2) is 7.60. The second-order valence-corrected chi connectivity index (χ2v) is 8.15. The molecule has 0 amide bonds. The van der Waals surface area contributed by atoms with Crippen molar-refractivity contribution in [2.24, 2.45) is 0 Å². The molecule has 1 unspecified atom stereocenters. The molecule has 0 aliphatic rings. The number of carbonyl (C=O) groups is 1. The van der Waals surface area contributed by atoms with Crippen molar-refractivity contribution in [1.29, 1.82) is 0 Å². The summed E-state index contributed by atoms with van der Waals surface area (Å²) in [6.45, 7) is 8.00. The van der Waals surface area contributed by atoms with Crippen LogP contribution in [0.4, 0.5) is 0 Å². The molecule has 4 heteroatoms. The van der Waals surface area contributed by atoms with E-state index in [2.05, 4.69) is 24.3 Å². The van der Waals surface area contributed by atoms with Gasteiger partial charge >= 0.3 is 5.97 Å². The molecule has 0 aliphatic heterocycles. The zero-order valence-electron chi connectivity index (χ0n) is 15.6. The third-order valence-electron chi connectivity index (χ3n) is 3.90. The first-order chi connectivity index (χ1) is 12.4. The number of hydrogen-bond acceptors (Lipinski definition) is 4. The Balaban J connectivity index is 2.22. The zero-order valence-corrected chi connectivity index (χ0v) is 16.4. The Morgan fingerprint density at radius 1 is 1.04 bits per heavy atom. The predicted molar refractivity (Wildman–Crippen MR) is 107 cm³/mol. The van der Waals surface area contributed by atoms with Gasteiger partial charge in [-0.3, -0.25) is 0 Å². The number of thiophene rings is 1. The lowest BCUT2D eigenvalue weighted by atomic mass is 9.99. The van der Waals surface area contributed by atoms with Crippen molar-refractivity contribution < 1.29 is 14.3 Å². The standard InChI is InChI=1S/C22H24O3S/c1-5-24-21(23)19(25-22(2,3)4)20-18(15-11-7-6-8-12-15)16-13-9-10-14-17(16)26-20/h6-14,19H,5H2,1-4H3. The van der Waals surface area contributed by atoms with Crippen molar-refractivity contribution in [1.82, 2.24) is 0 Å². The summed E-state index contributed by atoms with van der Waals surface area (Å²) >= 11 is 1.60. The minimum Gasteiger partial charge on any atom is -0.464 e. The Labute approximate surface area is 158 Å². The number of fused-ring (bicyclic) bond motifs is 1. The Hall–Kier alpha value is -2.17. The van der Waals surface area contributed by atoms with Crippen LogP contribution in [0.3, 0.4) is 0 Å². The maximum atomic E-state index is 12.7. The molecule has 3 aromatic rings. The molecule has 1 aromatic heterocycles. The molecular weight excluding hydrogens is 344 g/mol. The van der Waals surface area contributed by atoms with E-state index >= 15 is 0 Å². The SMILES string of the molecule is CCOC(=O)C(OC(C)(C)C)c1sc2ccccc2c1-c1ccccc1. The normalized spacial score (nSPS) is 12.9. The molecule has 1 heterocycles. The van der Waals surface area contributed by atoms with Gasteiger partial charge in [0.05, 0.1) is 17.1 Å². The van der Waals surface area contributed by atoms with Crippen LogP contribution < -0.4 is 0 Å². The second-order valence-electron chi connectivity index (χ2n) is 7.07. The Kier molecular flexibility index (Phi) is 5.44. The molecule has 0 fully saturated rings. The summed E-state index contributed by atoms with van der Waals surface area (Å²) in [6.07, 6.45) is -0.748. The van der Waals surface area contributed by atoms with Gasteiger partial charge in [0.2, 0.25) is 0 Å². The summed E-state index contributed by atoms with van der Waals surface area (Å²) in [5.74, 6) is -0.342. The van der Waals surface area contributed by atoms with E-state index in [0.717, 1.165) is 26.1 Å². The molecule has 0 aliphatic carbocycles. The van der Waals surface area contributed by atoms with Crippen molar-refractivity contribution in [3.8, 4) is 11.1 Å². The van der Waals surface area contributed by atoms with Crippen LogP contribution >= 0.6 is 11.3 Å². The first-order valence-corrected chi connectivity index (χ1v) is 9.63. The maximum Gasteiger partial charge on any atom is 0.340 e. The fraction of sp³-hybridized carbons (Fsp3) is 0.318. The van der Waals surface area contributed by atoms with E-state index < -0.39 is 11.7 Å². The molecular formula is C22H24O3S. The van der Waals surface area contributed by atoms with E-state index in [1.165, 1.54) is 0 Å². The molecule has 3 nitrogen and oxygen atoms in total. The van der Waals surface area contributed by atoms with E-state index in [-0.39, 0.29) is 5.97 Å². The fourth-order valence-electron chi connectivity index (χ4n) is 2.93. The van der Waals surface area contributed by atoms with Gasteiger partial charge in [0.15, 0.2) is 6.10 Å². The minimum atomic E-state index is -0.748. The molecule has 0 saturated carbocycles. The van der Waals surface area contributed by atoms with Crippen LogP contribution in [0.15, 0.2) is 54.6 Å². The molecule has 0 bridgehead atoms. The summed E-state index contributed by atoms with van der Waals surface area (Å²) in [4.78, 5) is 13.6. The Morgan fingerprint density at radius 3 is 2.35 bits per heavy atom. The van der Waals surface area contributed by atoms with E-state index in [1.807, 2.05) is 58.0 Å². The molecule has 2 aromatic carbocycles. The highest BCUT2D eigenvalue weighted by molar-refractivity contribution is 7.19. The Morgan fingerprint density at radius 2 is 1.69 bits per heavy atom. The van der Waals surface area contributed by atoms with Crippen LogP contribution in [0.5, 0.6) is 0 Å². The molecule has 0 N–H and O–H groups in total. The lowest BCUT2D eigenvalue weighted by Gasteiger charge is -2.26. The van der Waals surface area contributed by atoms with Crippen LogP contribution in [0.25, 0.3) is 21.2 Å². The number of ether oxygens (including phenoxy) is 2. The van der Waals surface area contributed by atoms with Gasteiger partial charge in [0, 0.05) is 15.6 Å². The summed E-state index contributed by atoms with van der Waals surface area (Å²) in [6, 6.07) is 18.4. The van der Waals surface area contributed by atoms with Gasteiger partial charge in [0.25, 0.3) is 0 Å². The number of esters is 1. The van der Waals surface area contributed by atoms with Crippen LogP contribution in [-0.4, -0.2) is 18.2 Å². The third kappa shape index (κ3) is 3.97. The van der Waals surface area contributed by atoms with Gasteiger partial charge in [-0.2, -0.15) is 0 Å². The molecule has 0 radical (unpaired) electrons. The number of hydrogen-bond donors (Lipinski definition) is 0. The van der Waals surface area contributed by atoms with E-state index in [9.17, 15) is 4.79 Å². The molecule has 0 spiro atoms. The monoisotopic (exact) mass is 368 g/mol. The number of benzene rings is 2. The highest BCUT2D eigenvalue weighted by Gasteiger charge is 2.33. The van der Waals surface area contributed by atoms with Crippen molar-refractivity contribution in [2.45, 2.75) is 39.4 Å². The summed E-state index contributed by atoms with van der Waals surface area (Å²) < 4.78 is 12.6.